The summed E-state index contributed by atoms with van der Waals surface area (Å²) in [6.45, 7) is 0.926. The van der Waals surface area contributed by atoms with Crippen molar-refractivity contribution in [2.24, 2.45) is 5.73 Å². The van der Waals surface area contributed by atoms with E-state index < -0.39 is 23.1 Å². The van der Waals surface area contributed by atoms with Crippen LogP contribution >= 0.6 is 0 Å². The first-order chi connectivity index (χ1) is 18.2. The molecule has 3 aromatic carbocycles. The molecule has 0 bridgehead atoms. The zero-order valence-corrected chi connectivity index (χ0v) is 21.7. The van der Waals surface area contributed by atoms with Crippen molar-refractivity contribution in [2.45, 2.75) is 25.8 Å². The number of methoxy groups -OCH3 is 1. The fourth-order valence-corrected chi connectivity index (χ4v) is 4.06. The molecule has 0 unspecified atom stereocenters. The number of hydrogen-bond donors (Lipinski definition) is 1. The van der Waals surface area contributed by atoms with Crippen molar-refractivity contribution < 1.29 is 23.1 Å². The van der Waals surface area contributed by atoms with Gasteiger partial charge in [-0.15, -0.1) is 0 Å². The lowest BCUT2D eigenvalue weighted by atomic mass is 9.99. The molecule has 198 valence electrons. The van der Waals surface area contributed by atoms with Crippen LogP contribution in [0.2, 0.25) is 0 Å². The van der Waals surface area contributed by atoms with Crippen LogP contribution in [-0.4, -0.2) is 43.0 Å². The summed E-state index contributed by atoms with van der Waals surface area (Å²) >= 11 is 0. The minimum Gasteiger partial charge on any atom is -0.469 e. The van der Waals surface area contributed by atoms with E-state index >= 15 is 0 Å². The summed E-state index contributed by atoms with van der Waals surface area (Å²) in [6, 6.07) is 20.2. The lowest BCUT2D eigenvalue weighted by Gasteiger charge is -2.12. The number of nitrogens with zero attached hydrogens (tertiary/aromatic N) is 2. The minimum absolute atomic E-state index is 0.176. The van der Waals surface area contributed by atoms with Crippen molar-refractivity contribution in [1.29, 1.82) is 0 Å². The van der Waals surface area contributed by atoms with Crippen LogP contribution in [0.4, 0.5) is 8.78 Å². The average Bonchev–Trinajstić information content (AvgIpc) is 2.87. The predicted molar refractivity (Wildman–Crippen MR) is 144 cm³/mol. The molecule has 0 aliphatic heterocycles. The molecule has 4 rings (SSSR count). The number of carbonyl (C=O) groups is 2. The molecule has 0 aliphatic rings. The quantitative estimate of drug-likeness (QED) is 0.329. The van der Waals surface area contributed by atoms with Crippen molar-refractivity contribution >= 4 is 22.6 Å². The second-order valence-corrected chi connectivity index (χ2v) is 9.08. The summed E-state index contributed by atoms with van der Waals surface area (Å²) in [6.07, 6.45) is 3.76. The number of hydrogen-bond acceptors (Lipinski definition) is 5. The highest BCUT2D eigenvalue weighted by Gasteiger charge is 2.12. The Morgan fingerprint density at radius 3 is 2.24 bits per heavy atom. The molecule has 6 nitrogen and oxygen atoms in total. The van der Waals surface area contributed by atoms with Crippen molar-refractivity contribution in [3.05, 3.63) is 113 Å². The van der Waals surface area contributed by atoms with Gasteiger partial charge in [0.05, 0.1) is 12.8 Å². The summed E-state index contributed by atoms with van der Waals surface area (Å²) in [7, 11) is 5.58. The number of ether oxygens (including phenoxy) is 1. The summed E-state index contributed by atoms with van der Waals surface area (Å²) in [5, 5.41) is 2.42. The Kier molecular flexibility index (Phi) is 10.0. The van der Waals surface area contributed by atoms with Gasteiger partial charge in [-0.1, -0.05) is 42.5 Å². The molecule has 0 atom stereocenters. The average molecular weight is 520 g/mol. The number of nitrogens with two attached hydrogens (primary N) is 1. The fourth-order valence-electron chi connectivity index (χ4n) is 4.06. The number of fused-ring (bicyclic) bond motifs is 1. The van der Waals surface area contributed by atoms with Gasteiger partial charge < -0.3 is 15.4 Å². The van der Waals surface area contributed by atoms with Gasteiger partial charge in [-0.25, -0.2) is 8.78 Å². The van der Waals surface area contributed by atoms with E-state index in [0.717, 1.165) is 42.4 Å². The predicted octanol–water partition coefficient (Wildman–Crippen LogP) is 5.06. The third-order valence-corrected chi connectivity index (χ3v) is 5.83. The van der Waals surface area contributed by atoms with Crippen molar-refractivity contribution in [3.63, 3.8) is 0 Å². The van der Waals surface area contributed by atoms with E-state index in [1.807, 2.05) is 12.3 Å². The van der Waals surface area contributed by atoms with Crippen molar-refractivity contribution in [1.82, 2.24) is 9.88 Å². The molecule has 1 aromatic heterocycles. The Bertz CT molecular complexity index is 1400. The first kappa shape index (κ1) is 28.4. The zero-order chi connectivity index (χ0) is 27.7. The summed E-state index contributed by atoms with van der Waals surface area (Å²) < 4.78 is 29.8. The standard InChI is InChI=1S/C23H26N2O2.C7H5F2NO/c1-25(2)16-19-7-9-21-20(14-19)11-12-24-22(21)15-18-6-4-5-17(13-18)8-10-23(26)27-3;8-4-2-1-3-5(9)6(4)7(10)11/h4-7,9,11-14H,8,10,15-16H2,1-3H3;1-3H,(H2,10,11). The fraction of sp³-hybridized carbons (Fsp3) is 0.233. The number of benzene rings is 3. The van der Waals surface area contributed by atoms with Gasteiger partial charge in [0, 0.05) is 31.0 Å². The van der Waals surface area contributed by atoms with Gasteiger partial charge in [-0.2, -0.15) is 0 Å². The van der Waals surface area contributed by atoms with Gasteiger partial charge in [0.25, 0.3) is 5.91 Å². The number of aryl methyl sites for hydroxylation is 1. The third-order valence-electron chi connectivity index (χ3n) is 5.83. The number of amides is 1. The highest BCUT2D eigenvalue weighted by molar-refractivity contribution is 5.93. The maximum absolute atomic E-state index is 12.6. The Morgan fingerprint density at radius 1 is 0.921 bits per heavy atom. The number of aromatic nitrogens is 1. The normalized spacial score (nSPS) is 10.7. The van der Waals surface area contributed by atoms with E-state index in [2.05, 4.69) is 66.4 Å². The first-order valence-corrected chi connectivity index (χ1v) is 12.1. The van der Waals surface area contributed by atoms with Crippen molar-refractivity contribution in [3.8, 4) is 0 Å². The molecule has 0 spiro atoms. The van der Waals surface area contributed by atoms with Gasteiger partial charge in [0.15, 0.2) is 0 Å². The van der Waals surface area contributed by atoms with Gasteiger partial charge in [-0.3, -0.25) is 14.6 Å². The molecular weight excluding hydrogens is 488 g/mol. The van der Waals surface area contributed by atoms with E-state index in [9.17, 15) is 18.4 Å². The molecular formula is C30H31F2N3O3. The van der Waals surface area contributed by atoms with Crippen LogP contribution in [0.5, 0.6) is 0 Å². The lowest BCUT2D eigenvalue weighted by molar-refractivity contribution is -0.140. The van der Waals surface area contributed by atoms with E-state index in [1.165, 1.54) is 29.0 Å². The van der Waals surface area contributed by atoms with Crippen LogP contribution in [0.1, 0.15) is 39.2 Å². The summed E-state index contributed by atoms with van der Waals surface area (Å²) in [4.78, 5) is 28.5. The monoisotopic (exact) mass is 519 g/mol. The summed E-state index contributed by atoms with van der Waals surface area (Å²) in [5.74, 6) is -3.14. The number of halogens is 2. The molecule has 0 aliphatic carbocycles. The van der Waals surface area contributed by atoms with Crippen LogP contribution in [0.15, 0.2) is 72.9 Å². The largest absolute Gasteiger partial charge is 0.469 e. The maximum atomic E-state index is 12.6. The topological polar surface area (TPSA) is 85.5 Å². The van der Waals surface area contributed by atoms with E-state index in [4.69, 9.17) is 10.5 Å². The highest BCUT2D eigenvalue weighted by Crippen LogP contribution is 2.22. The molecule has 0 fully saturated rings. The van der Waals surface area contributed by atoms with Crippen LogP contribution in [-0.2, 0) is 28.9 Å². The molecule has 2 N–H and O–H groups in total. The smallest absolute Gasteiger partial charge is 0.305 e. The number of primary amides is 1. The lowest BCUT2D eigenvalue weighted by Crippen LogP contribution is -2.15. The molecule has 38 heavy (non-hydrogen) atoms. The van der Waals surface area contributed by atoms with Crippen LogP contribution in [0.25, 0.3) is 10.8 Å². The Balaban J connectivity index is 0.000000304. The van der Waals surface area contributed by atoms with E-state index in [0.29, 0.717) is 12.8 Å². The molecule has 0 radical (unpaired) electrons. The van der Waals surface area contributed by atoms with E-state index in [1.54, 1.807) is 0 Å². The van der Waals surface area contributed by atoms with Gasteiger partial charge in [-0.05, 0) is 66.9 Å². The number of carbonyl (C=O) groups excluding carboxylic acids is 2. The highest BCUT2D eigenvalue weighted by atomic mass is 19.1. The maximum Gasteiger partial charge on any atom is 0.305 e. The molecule has 0 saturated carbocycles. The van der Waals surface area contributed by atoms with Gasteiger partial charge >= 0.3 is 5.97 Å². The number of rotatable bonds is 8. The second-order valence-electron chi connectivity index (χ2n) is 9.08. The zero-order valence-electron chi connectivity index (χ0n) is 21.7. The Morgan fingerprint density at radius 2 is 1.61 bits per heavy atom. The van der Waals surface area contributed by atoms with Gasteiger partial charge in [0.1, 0.15) is 17.2 Å². The first-order valence-electron chi connectivity index (χ1n) is 12.1. The number of pyridine rings is 1. The molecule has 4 aromatic rings. The van der Waals surface area contributed by atoms with Crippen LogP contribution in [0.3, 0.4) is 0 Å². The van der Waals surface area contributed by atoms with Crippen LogP contribution in [0, 0.1) is 11.6 Å². The SMILES string of the molecule is COC(=O)CCc1cccc(Cc2nccc3cc(CN(C)C)ccc23)c1.NC(=O)c1c(F)cccc1F. The molecule has 1 heterocycles. The molecule has 1 amide bonds. The second kappa shape index (κ2) is 13.4. The number of esters is 1. The van der Waals surface area contributed by atoms with E-state index in [-0.39, 0.29) is 5.97 Å². The van der Waals surface area contributed by atoms with Crippen molar-refractivity contribution in [2.75, 3.05) is 21.2 Å². The third kappa shape index (κ3) is 7.91. The molecule has 0 saturated heterocycles. The Labute approximate surface area is 221 Å². The summed E-state index contributed by atoms with van der Waals surface area (Å²) in [5.41, 5.74) is 8.74. The minimum atomic E-state index is -1.10. The van der Waals surface area contributed by atoms with Crippen LogP contribution < -0.4 is 5.73 Å². The molecule has 8 heteroatoms. The van der Waals surface area contributed by atoms with Gasteiger partial charge in [0.2, 0.25) is 0 Å². The Hall–Kier alpha value is -4.17.